The van der Waals surface area contributed by atoms with Gasteiger partial charge >= 0.3 is 12.6 Å². The van der Waals surface area contributed by atoms with E-state index in [0.717, 1.165) is 5.56 Å². The van der Waals surface area contributed by atoms with Gasteiger partial charge in [-0.15, -0.1) is 10.1 Å². The van der Waals surface area contributed by atoms with Crippen molar-refractivity contribution in [2.24, 2.45) is 10.4 Å². The molecule has 2 aromatic heterocycles. The summed E-state index contributed by atoms with van der Waals surface area (Å²) in [5.41, 5.74) is 1.65. The molecule has 17 heteroatoms. The number of nitrogens with one attached hydrogen (secondary N) is 2. The Hall–Kier alpha value is -5.32. The van der Waals surface area contributed by atoms with Crippen molar-refractivity contribution in [3.63, 3.8) is 0 Å². The molecule has 1 saturated heterocycles. The third-order valence-corrected chi connectivity index (χ3v) is 15.4. The Morgan fingerprint density at radius 1 is 1.00 bits per heavy atom. The molecule has 0 saturated carbocycles. The van der Waals surface area contributed by atoms with Crippen LogP contribution in [-0.4, -0.2) is 68.2 Å². The maximum Gasteiger partial charge on any atom is 0.437 e. The second kappa shape index (κ2) is 16.5. The number of guanidine groups is 1. The van der Waals surface area contributed by atoms with E-state index in [4.69, 9.17) is 20.8 Å². The molecule has 2 atom stereocenters. The van der Waals surface area contributed by atoms with Gasteiger partial charge in [-0.3, -0.25) is 9.69 Å². The summed E-state index contributed by atoms with van der Waals surface area (Å²) in [7, 11) is -2.45. The van der Waals surface area contributed by atoms with Gasteiger partial charge in [-0.2, -0.15) is 13.9 Å². The Bertz CT molecular complexity index is 2260. The Kier molecular flexibility index (Phi) is 12.0. The molecule has 0 spiro atoms. The van der Waals surface area contributed by atoms with Gasteiger partial charge in [-0.05, 0) is 74.8 Å². The van der Waals surface area contributed by atoms with Gasteiger partial charge in [-0.25, -0.2) is 14.6 Å². The number of tetrazole rings is 1. The van der Waals surface area contributed by atoms with E-state index in [0.29, 0.717) is 43.3 Å². The number of H-pyrrole nitrogens is 1. The number of aliphatic imine (C=N–C) groups is 1. The van der Waals surface area contributed by atoms with Gasteiger partial charge in [0.2, 0.25) is 5.96 Å². The molecule has 5 aromatic rings. The summed E-state index contributed by atoms with van der Waals surface area (Å²) >= 11 is 6.68. The largest absolute Gasteiger partial charge is 0.443 e. The van der Waals surface area contributed by atoms with Crippen LogP contribution >= 0.6 is 11.6 Å². The van der Waals surface area contributed by atoms with Gasteiger partial charge in [0.1, 0.15) is 12.1 Å². The van der Waals surface area contributed by atoms with Crippen LogP contribution in [-0.2, 0) is 26.1 Å². The molecule has 1 aliphatic rings. The lowest BCUT2D eigenvalue weighted by Gasteiger charge is -2.39. The molecular formula is C41H48ClF2N9O4Si. The van der Waals surface area contributed by atoms with E-state index in [1.165, 1.54) is 17.3 Å². The van der Waals surface area contributed by atoms with Crippen molar-refractivity contribution in [2.75, 3.05) is 6.61 Å². The number of aromatic nitrogens is 6. The number of halogens is 3. The van der Waals surface area contributed by atoms with Crippen molar-refractivity contribution in [1.82, 2.24) is 40.6 Å². The van der Waals surface area contributed by atoms with Gasteiger partial charge < -0.3 is 14.5 Å². The zero-order valence-corrected chi connectivity index (χ0v) is 35.5. The van der Waals surface area contributed by atoms with Crippen LogP contribution in [0.15, 0.2) is 90.2 Å². The number of hydrogen-bond donors (Lipinski definition) is 2. The highest BCUT2D eigenvalue weighted by Crippen LogP contribution is 2.44. The highest BCUT2D eigenvalue weighted by Gasteiger charge is 2.55. The SMILES string of the molecule is CC(C)(C)C[C@]1(c2ccc(-c3cnn(C(F)F)c3)cc2)NC(=NC(=O)OCc2ccccc2)N([C@H](CO[Si](C)(C)C(C)(C)C)c2ccc(Cl)c(-c3nnn[nH]3)c2)C1=O. The lowest BCUT2D eigenvalue weighted by atomic mass is 9.75. The predicted octanol–water partition coefficient (Wildman–Crippen LogP) is 9.30. The second-order valence-electron chi connectivity index (χ2n) is 17.1. The van der Waals surface area contributed by atoms with E-state index in [-0.39, 0.29) is 30.6 Å². The van der Waals surface area contributed by atoms with Gasteiger partial charge in [0.25, 0.3) is 5.91 Å². The molecule has 1 fully saturated rings. The number of alkyl halides is 2. The third kappa shape index (κ3) is 9.19. The molecule has 2 amide bonds. The first-order chi connectivity index (χ1) is 27.3. The lowest BCUT2D eigenvalue weighted by Crippen LogP contribution is -2.48. The number of carbonyl (C=O) groups excluding carboxylic acids is 2. The Labute approximate surface area is 342 Å². The fourth-order valence-electron chi connectivity index (χ4n) is 6.60. The van der Waals surface area contributed by atoms with Crippen LogP contribution in [0.2, 0.25) is 23.2 Å². The Morgan fingerprint density at radius 3 is 2.31 bits per heavy atom. The van der Waals surface area contributed by atoms with Gasteiger partial charge in [-0.1, -0.05) is 114 Å². The topological polar surface area (TPSA) is 153 Å². The summed E-state index contributed by atoms with van der Waals surface area (Å²) in [6, 6.07) is 20.7. The number of aromatic amines is 1. The summed E-state index contributed by atoms with van der Waals surface area (Å²) in [6.07, 6.45) is 1.98. The smallest absolute Gasteiger partial charge is 0.437 e. The van der Waals surface area contributed by atoms with E-state index < -0.39 is 43.9 Å². The Balaban J connectivity index is 1.51. The molecule has 0 radical (unpaired) electrons. The summed E-state index contributed by atoms with van der Waals surface area (Å²) in [6.45, 7) is 13.9. The van der Waals surface area contributed by atoms with E-state index in [1.807, 2.05) is 51.1 Å². The number of nitrogens with zero attached hydrogens (tertiary/aromatic N) is 7. The summed E-state index contributed by atoms with van der Waals surface area (Å²) < 4.78 is 39.8. The second-order valence-corrected chi connectivity index (χ2v) is 22.3. The van der Waals surface area contributed by atoms with Crippen LogP contribution in [0.4, 0.5) is 13.6 Å². The van der Waals surface area contributed by atoms with Crippen molar-refractivity contribution in [3.8, 4) is 22.5 Å². The molecule has 2 N–H and O–H groups in total. The number of amides is 2. The first-order valence-corrected chi connectivity index (χ1v) is 22.1. The zero-order chi connectivity index (χ0) is 42.0. The minimum absolute atomic E-state index is 0.0312. The van der Waals surface area contributed by atoms with Crippen LogP contribution in [0.1, 0.15) is 77.2 Å². The average Bonchev–Trinajstić information content (AvgIpc) is 3.93. The molecular weight excluding hydrogens is 784 g/mol. The van der Waals surface area contributed by atoms with Crippen LogP contribution in [0, 0.1) is 5.41 Å². The molecule has 13 nitrogen and oxygen atoms in total. The molecule has 3 heterocycles. The highest BCUT2D eigenvalue weighted by molar-refractivity contribution is 6.74. The molecule has 306 valence electrons. The van der Waals surface area contributed by atoms with E-state index in [1.54, 1.807) is 42.5 Å². The van der Waals surface area contributed by atoms with Crippen molar-refractivity contribution in [1.29, 1.82) is 0 Å². The van der Waals surface area contributed by atoms with Crippen LogP contribution < -0.4 is 5.32 Å². The van der Waals surface area contributed by atoms with Crippen LogP contribution in [0.3, 0.4) is 0 Å². The van der Waals surface area contributed by atoms with Crippen molar-refractivity contribution >= 4 is 37.9 Å². The standard InChI is InChI=1S/C41H48ClF2N9O4Si/c1-39(2,3)25-41(30-17-14-27(15-18-30)29-21-45-52(22-29)36(43)44)35(54)53(37(47-41)46-38(55)56-23-26-12-10-9-11-13-26)33(24-57-58(7,8)40(4,5)6)28-16-19-32(42)31(20-28)34-48-50-51-49-34/h9-22,33,36H,23-25H2,1-8H3,(H,46,47,55)(H,48,49,50,51)/t33-,41-/m1/s1. The number of benzene rings is 3. The monoisotopic (exact) mass is 831 g/mol. The van der Waals surface area contributed by atoms with E-state index >= 15 is 4.79 Å². The quantitative estimate of drug-likeness (QED) is 0.117. The van der Waals surface area contributed by atoms with Gasteiger partial charge in [0.15, 0.2) is 14.1 Å². The van der Waals surface area contributed by atoms with Crippen molar-refractivity contribution in [2.45, 2.75) is 90.8 Å². The predicted molar refractivity (Wildman–Crippen MR) is 219 cm³/mol. The van der Waals surface area contributed by atoms with E-state index in [9.17, 15) is 13.6 Å². The molecule has 3 aromatic carbocycles. The lowest BCUT2D eigenvalue weighted by molar-refractivity contribution is -0.134. The summed E-state index contributed by atoms with van der Waals surface area (Å²) in [5, 5.41) is 21.7. The Morgan fingerprint density at radius 2 is 1.71 bits per heavy atom. The number of carbonyl (C=O) groups is 2. The molecule has 0 unspecified atom stereocenters. The van der Waals surface area contributed by atoms with Gasteiger partial charge in [0.05, 0.1) is 23.9 Å². The number of rotatable bonds is 12. The number of ether oxygens (including phenoxy) is 1. The molecule has 1 aliphatic heterocycles. The summed E-state index contributed by atoms with van der Waals surface area (Å²) in [4.78, 5) is 35.2. The van der Waals surface area contributed by atoms with Crippen molar-refractivity contribution < 1.29 is 27.5 Å². The maximum atomic E-state index is 15.7. The third-order valence-electron chi connectivity index (χ3n) is 10.5. The minimum atomic E-state index is -2.79. The molecule has 0 bridgehead atoms. The number of hydrogen-bond acceptors (Lipinski definition) is 8. The molecule has 0 aliphatic carbocycles. The average molecular weight is 832 g/mol. The minimum Gasteiger partial charge on any atom is -0.443 e. The fraction of sp³-hybridized carbons (Fsp3) is 0.390. The first-order valence-electron chi connectivity index (χ1n) is 18.8. The molecule has 58 heavy (non-hydrogen) atoms. The summed E-state index contributed by atoms with van der Waals surface area (Å²) in [5.74, 6) is -0.102. The van der Waals surface area contributed by atoms with Crippen LogP contribution in [0.25, 0.3) is 22.5 Å². The normalized spacial score (nSPS) is 17.6. The maximum absolute atomic E-state index is 15.7. The van der Waals surface area contributed by atoms with Gasteiger partial charge in [0, 0.05) is 17.3 Å². The first kappa shape index (κ1) is 42.3. The molecule has 6 rings (SSSR count). The highest BCUT2D eigenvalue weighted by atomic mass is 35.5. The van der Waals surface area contributed by atoms with E-state index in [2.05, 4.69) is 69.9 Å². The zero-order valence-electron chi connectivity index (χ0n) is 33.8. The van der Waals surface area contributed by atoms with Crippen molar-refractivity contribution in [3.05, 3.63) is 107 Å². The van der Waals surface area contributed by atoms with Crippen LogP contribution in [0.5, 0.6) is 0 Å². The fourth-order valence-corrected chi connectivity index (χ4v) is 7.81.